The van der Waals surface area contributed by atoms with Gasteiger partial charge in [0.2, 0.25) is 5.91 Å². The van der Waals surface area contributed by atoms with Crippen molar-refractivity contribution in [2.75, 3.05) is 6.54 Å². The van der Waals surface area contributed by atoms with Crippen LogP contribution in [0.1, 0.15) is 44.6 Å². The molecule has 1 amide bonds. The van der Waals surface area contributed by atoms with Crippen LogP contribution in [0, 0.1) is 23.0 Å². The third kappa shape index (κ3) is 3.35. The van der Waals surface area contributed by atoms with Gasteiger partial charge in [0, 0.05) is 23.9 Å². The van der Waals surface area contributed by atoms with Crippen molar-refractivity contribution < 1.29 is 23.5 Å². The maximum Gasteiger partial charge on any atom is 0.311 e. The lowest BCUT2D eigenvalue weighted by Gasteiger charge is -2.26. The van der Waals surface area contributed by atoms with Gasteiger partial charge in [-0.15, -0.1) is 0 Å². The molecule has 4 nitrogen and oxygen atoms in total. The summed E-state index contributed by atoms with van der Waals surface area (Å²) in [6.45, 7) is 3.55. The van der Waals surface area contributed by atoms with Gasteiger partial charge in [0.25, 0.3) is 0 Å². The number of carbonyl (C=O) groups is 2. The van der Waals surface area contributed by atoms with Crippen LogP contribution in [0.15, 0.2) is 18.2 Å². The molecule has 0 heterocycles. The molecule has 23 heavy (non-hydrogen) atoms. The summed E-state index contributed by atoms with van der Waals surface area (Å²) in [7, 11) is 0. The number of carboxylic acids is 1. The Balaban J connectivity index is 2.00. The van der Waals surface area contributed by atoms with Crippen LogP contribution >= 0.6 is 0 Å². The molecule has 1 saturated carbocycles. The van der Waals surface area contributed by atoms with E-state index in [1.165, 1.54) is 18.2 Å². The Morgan fingerprint density at radius 2 is 1.83 bits per heavy atom. The first kappa shape index (κ1) is 17.4. The molecule has 0 bridgehead atoms. The number of nitrogens with one attached hydrogen (secondary N) is 1. The first-order valence-corrected chi connectivity index (χ1v) is 7.81. The summed E-state index contributed by atoms with van der Waals surface area (Å²) in [4.78, 5) is 23.6. The second kappa shape index (κ2) is 6.64. The molecular formula is C17H21F2NO3. The van der Waals surface area contributed by atoms with Crippen molar-refractivity contribution in [1.82, 2.24) is 5.32 Å². The van der Waals surface area contributed by atoms with E-state index in [0.29, 0.717) is 19.3 Å². The van der Waals surface area contributed by atoms with Gasteiger partial charge in [-0.3, -0.25) is 9.59 Å². The number of benzene rings is 1. The Kier molecular flexibility index (Phi) is 5.02. The predicted octanol–water partition coefficient (Wildman–Crippen LogP) is 3.08. The highest BCUT2D eigenvalue weighted by atomic mass is 19.1. The second-order valence-corrected chi connectivity index (χ2v) is 6.09. The molecule has 1 aliphatic carbocycles. The minimum absolute atomic E-state index is 0.0249. The average Bonchev–Trinajstić information content (AvgIpc) is 3.28. The molecule has 2 rings (SSSR count). The molecule has 0 aliphatic heterocycles. The summed E-state index contributed by atoms with van der Waals surface area (Å²) < 4.78 is 27.4. The summed E-state index contributed by atoms with van der Waals surface area (Å²) in [6.07, 6.45) is 1.17. The molecular weight excluding hydrogens is 304 g/mol. The monoisotopic (exact) mass is 325 g/mol. The minimum Gasteiger partial charge on any atom is -0.481 e. The van der Waals surface area contributed by atoms with Crippen molar-refractivity contribution in [3.63, 3.8) is 0 Å². The van der Waals surface area contributed by atoms with Crippen LogP contribution in [0.3, 0.4) is 0 Å². The molecule has 0 aromatic heterocycles. The topological polar surface area (TPSA) is 66.4 Å². The van der Waals surface area contributed by atoms with E-state index in [0.717, 1.165) is 0 Å². The Bertz CT molecular complexity index is 594. The van der Waals surface area contributed by atoms with Crippen LogP contribution in [-0.4, -0.2) is 23.5 Å². The second-order valence-electron chi connectivity index (χ2n) is 6.09. The van der Waals surface area contributed by atoms with E-state index >= 15 is 0 Å². The molecule has 0 saturated heterocycles. The van der Waals surface area contributed by atoms with E-state index < -0.39 is 34.9 Å². The SMILES string of the molecule is CCC(CC)(CNC(=O)C1CC1c1c(F)cccc1F)C(=O)O. The van der Waals surface area contributed by atoms with Gasteiger partial charge >= 0.3 is 5.97 Å². The standard InChI is InChI=1S/C17H21F2NO3/c1-3-17(4-2,16(22)23)9-20-15(21)11-8-10(11)14-12(18)6-5-7-13(14)19/h5-7,10-11H,3-4,8-9H2,1-2H3,(H,20,21)(H,22,23). The Morgan fingerprint density at radius 1 is 1.26 bits per heavy atom. The van der Waals surface area contributed by atoms with Crippen LogP contribution in [0.2, 0.25) is 0 Å². The van der Waals surface area contributed by atoms with E-state index in [4.69, 9.17) is 0 Å². The van der Waals surface area contributed by atoms with E-state index in [9.17, 15) is 23.5 Å². The summed E-state index contributed by atoms with van der Waals surface area (Å²) in [5.74, 6) is -3.56. The van der Waals surface area contributed by atoms with Gasteiger partial charge in [-0.1, -0.05) is 19.9 Å². The summed E-state index contributed by atoms with van der Waals surface area (Å²) in [6, 6.07) is 3.64. The summed E-state index contributed by atoms with van der Waals surface area (Å²) >= 11 is 0. The molecule has 1 fully saturated rings. The highest BCUT2D eigenvalue weighted by Crippen LogP contribution is 2.49. The fourth-order valence-electron chi connectivity index (χ4n) is 2.93. The Hall–Kier alpha value is -1.98. The number of carbonyl (C=O) groups excluding carboxylic acids is 1. The van der Waals surface area contributed by atoms with Crippen LogP contribution in [-0.2, 0) is 9.59 Å². The Morgan fingerprint density at radius 3 is 2.30 bits per heavy atom. The number of hydrogen-bond acceptors (Lipinski definition) is 2. The van der Waals surface area contributed by atoms with Gasteiger partial charge in [0.05, 0.1) is 5.41 Å². The fraction of sp³-hybridized carbons (Fsp3) is 0.529. The lowest BCUT2D eigenvalue weighted by Crippen LogP contribution is -2.43. The van der Waals surface area contributed by atoms with Crippen molar-refractivity contribution in [3.05, 3.63) is 35.4 Å². The minimum atomic E-state index is -0.997. The molecule has 6 heteroatoms. The van der Waals surface area contributed by atoms with Crippen molar-refractivity contribution in [2.24, 2.45) is 11.3 Å². The first-order valence-electron chi connectivity index (χ1n) is 7.81. The predicted molar refractivity (Wildman–Crippen MR) is 80.9 cm³/mol. The van der Waals surface area contributed by atoms with Gasteiger partial charge < -0.3 is 10.4 Å². The van der Waals surface area contributed by atoms with Gasteiger partial charge in [-0.2, -0.15) is 0 Å². The van der Waals surface area contributed by atoms with Gasteiger partial charge in [-0.25, -0.2) is 8.78 Å². The highest BCUT2D eigenvalue weighted by molar-refractivity contribution is 5.84. The molecule has 1 aliphatic rings. The number of hydrogen-bond donors (Lipinski definition) is 2. The van der Waals surface area contributed by atoms with E-state index in [1.807, 2.05) is 0 Å². The zero-order valence-corrected chi connectivity index (χ0v) is 13.2. The number of amides is 1. The third-order valence-corrected chi connectivity index (χ3v) is 4.91. The average molecular weight is 325 g/mol. The van der Waals surface area contributed by atoms with Gasteiger partial charge in [-0.05, 0) is 31.4 Å². The quantitative estimate of drug-likeness (QED) is 0.809. The molecule has 1 aromatic carbocycles. The maximum absolute atomic E-state index is 13.7. The molecule has 126 valence electrons. The normalized spacial score (nSPS) is 20.2. The van der Waals surface area contributed by atoms with Crippen molar-refractivity contribution in [1.29, 1.82) is 0 Å². The van der Waals surface area contributed by atoms with Crippen LogP contribution < -0.4 is 5.32 Å². The summed E-state index contributed by atoms with van der Waals surface area (Å²) in [5, 5.41) is 12.0. The first-order chi connectivity index (χ1) is 10.9. The van der Waals surface area contributed by atoms with Gasteiger partial charge in [0.15, 0.2) is 0 Å². The molecule has 0 radical (unpaired) electrons. The number of carboxylic acid groups (broad SMARTS) is 1. The fourth-order valence-corrected chi connectivity index (χ4v) is 2.93. The van der Waals surface area contributed by atoms with Crippen molar-refractivity contribution in [3.8, 4) is 0 Å². The highest BCUT2D eigenvalue weighted by Gasteiger charge is 2.47. The number of halogens is 2. The molecule has 2 N–H and O–H groups in total. The van der Waals surface area contributed by atoms with E-state index in [1.54, 1.807) is 13.8 Å². The summed E-state index contributed by atoms with van der Waals surface area (Å²) in [5.41, 5.74) is -1.05. The molecule has 2 atom stereocenters. The zero-order valence-electron chi connectivity index (χ0n) is 13.2. The van der Waals surface area contributed by atoms with E-state index in [2.05, 4.69) is 5.32 Å². The maximum atomic E-state index is 13.7. The lowest BCUT2D eigenvalue weighted by atomic mass is 9.82. The van der Waals surface area contributed by atoms with Gasteiger partial charge in [0.1, 0.15) is 11.6 Å². The van der Waals surface area contributed by atoms with Crippen molar-refractivity contribution >= 4 is 11.9 Å². The van der Waals surface area contributed by atoms with E-state index in [-0.39, 0.29) is 18.0 Å². The van der Waals surface area contributed by atoms with Crippen LogP contribution in [0.25, 0.3) is 0 Å². The molecule has 2 unspecified atom stereocenters. The smallest absolute Gasteiger partial charge is 0.311 e. The number of rotatable bonds is 7. The van der Waals surface area contributed by atoms with Crippen LogP contribution in [0.4, 0.5) is 8.78 Å². The largest absolute Gasteiger partial charge is 0.481 e. The Labute approximate surface area is 133 Å². The number of aliphatic carboxylic acids is 1. The van der Waals surface area contributed by atoms with Crippen LogP contribution in [0.5, 0.6) is 0 Å². The third-order valence-electron chi connectivity index (χ3n) is 4.91. The van der Waals surface area contributed by atoms with Crippen molar-refractivity contribution in [2.45, 2.75) is 39.0 Å². The molecule has 0 spiro atoms. The lowest BCUT2D eigenvalue weighted by molar-refractivity contribution is -0.149. The molecule has 1 aromatic rings. The zero-order chi connectivity index (χ0) is 17.2.